The molecule has 1 aliphatic rings. The van der Waals surface area contributed by atoms with Crippen LogP contribution in [0.1, 0.15) is 29.9 Å². The number of rotatable bonds is 5. The molecule has 4 aromatic rings. The predicted molar refractivity (Wildman–Crippen MR) is 128 cm³/mol. The van der Waals surface area contributed by atoms with Gasteiger partial charge in [0.2, 0.25) is 5.88 Å². The summed E-state index contributed by atoms with van der Waals surface area (Å²) >= 11 is 0. The minimum absolute atomic E-state index is 0.211. The van der Waals surface area contributed by atoms with Gasteiger partial charge in [0.25, 0.3) is 5.91 Å². The lowest BCUT2D eigenvalue weighted by molar-refractivity contribution is 0.102. The molecule has 9 nitrogen and oxygen atoms in total. The van der Waals surface area contributed by atoms with Crippen LogP contribution < -0.4 is 20.3 Å². The van der Waals surface area contributed by atoms with Crippen molar-refractivity contribution in [2.75, 3.05) is 36.5 Å². The molecule has 5 rings (SSSR count). The number of aryl methyl sites for hydroxylation is 1. The Hall–Kier alpha value is -3.79. The molecule has 1 fully saturated rings. The molecule has 1 amide bonds. The lowest BCUT2D eigenvalue weighted by atomic mass is 10.1. The van der Waals surface area contributed by atoms with Crippen molar-refractivity contribution in [3.05, 3.63) is 53.9 Å². The number of anilines is 2. The van der Waals surface area contributed by atoms with Gasteiger partial charge < -0.3 is 24.7 Å². The van der Waals surface area contributed by atoms with Gasteiger partial charge in [-0.2, -0.15) is 0 Å². The summed E-state index contributed by atoms with van der Waals surface area (Å²) in [5.74, 6) is -0.586. The molecule has 3 aromatic heterocycles. The first-order valence-corrected chi connectivity index (χ1v) is 11.3. The van der Waals surface area contributed by atoms with E-state index in [-0.39, 0.29) is 5.65 Å². The highest BCUT2D eigenvalue weighted by atomic mass is 19.1. The maximum Gasteiger partial charge on any atom is 0.257 e. The number of nitrogens with zero attached hydrogens (tertiary/aromatic N) is 5. The van der Waals surface area contributed by atoms with Gasteiger partial charge in [-0.05, 0) is 32.9 Å². The second-order valence-electron chi connectivity index (χ2n) is 8.42. The largest absolute Gasteiger partial charge is 0.477 e. The number of imidazole rings is 1. The van der Waals surface area contributed by atoms with Gasteiger partial charge in [0, 0.05) is 44.1 Å². The molecule has 1 unspecified atom stereocenters. The maximum atomic E-state index is 14.5. The number of hydrogen-bond acceptors (Lipinski definition) is 7. The van der Waals surface area contributed by atoms with Crippen molar-refractivity contribution in [2.24, 2.45) is 0 Å². The van der Waals surface area contributed by atoms with Crippen LogP contribution in [0.25, 0.3) is 16.7 Å². The molecule has 4 heterocycles. The normalized spacial score (nSPS) is 16.2. The molecular weight excluding hydrogens is 437 g/mol. The fourth-order valence-corrected chi connectivity index (χ4v) is 4.32. The highest BCUT2D eigenvalue weighted by Crippen LogP contribution is 2.30. The summed E-state index contributed by atoms with van der Waals surface area (Å²) in [6.07, 6.45) is 4.91. The molecular formula is C24H26FN7O2. The van der Waals surface area contributed by atoms with E-state index in [4.69, 9.17) is 4.74 Å². The monoisotopic (exact) mass is 463 g/mol. The Bertz CT molecular complexity index is 1390. The van der Waals surface area contributed by atoms with Crippen LogP contribution in [-0.4, -0.2) is 57.5 Å². The highest BCUT2D eigenvalue weighted by Gasteiger charge is 2.22. The van der Waals surface area contributed by atoms with E-state index >= 15 is 0 Å². The van der Waals surface area contributed by atoms with Crippen LogP contribution in [0.15, 0.2) is 36.8 Å². The second-order valence-corrected chi connectivity index (χ2v) is 8.42. The van der Waals surface area contributed by atoms with E-state index in [1.165, 1.54) is 6.07 Å². The van der Waals surface area contributed by atoms with Gasteiger partial charge in [0.05, 0.1) is 35.4 Å². The van der Waals surface area contributed by atoms with Gasteiger partial charge >= 0.3 is 0 Å². The molecule has 1 aromatic carbocycles. The third-order valence-corrected chi connectivity index (χ3v) is 5.79. The molecule has 0 radical (unpaired) electrons. The number of piperazine rings is 1. The highest BCUT2D eigenvalue weighted by molar-refractivity contribution is 6.13. The van der Waals surface area contributed by atoms with Crippen LogP contribution in [0.4, 0.5) is 15.8 Å². The summed E-state index contributed by atoms with van der Waals surface area (Å²) in [6, 6.07) is 5.22. The Morgan fingerprint density at radius 2 is 2.15 bits per heavy atom. The molecule has 0 bridgehead atoms. The number of hydrogen-bond donors (Lipinski definition) is 2. The quantitative estimate of drug-likeness (QED) is 0.469. The van der Waals surface area contributed by atoms with Crippen molar-refractivity contribution in [1.82, 2.24) is 24.7 Å². The zero-order valence-corrected chi connectivity index (χ0v) is 19.3. The maximum absolute atomic E-state index is 14.5. The van der Waals surface area contributed by atoms with E-state index in [1.807, 2.05) is 13.0 Å². The molecule has 1 atom stereocenters. The van der Waals surface area contributed by atoms with Gasteiger partial charge in [-0.15, -0.1) is 0 Å². The van der Waals surface area contributed by atoms with Crippen molar-refractivity contribution >= 4 is 34.0 Å². The first kappa shape index (κ1) is 22.0. The Morgan fingerprint density at radius 3 is 2.94 bits per heavy atom. The smallest absolute Gasteiger partial charge is 0.257 e. The van der Waals surface area contributed by atoms with Gasteiger partial charge in [-0.3, -0.25) is 4.79 Å². The lowest BCUT2D eigenvalue weighted by Gasteiger charge is -2.34. The Balaban J connectivity index is 1.54. The molecule has 1 saturated heterocycles. The minimum Gasteiger partial charge on any atom is -0.477 e. The first-order chi connectivity index (χ1) is 16.4. The zero-order valence-electron chi connectivity index (χ0n) is 19.3. The van der Waals surface area contributed by atoms with Crippen molar-refractivity contribution in [2.45, 2.75) is 26.8 Å². The van der Waals surface area contributed by atoms with Crippen LogP contribution in [0.2, 0.25) is 0 Å². The Kier molecular flexibility index (Phi) is 5.74. The number of amides is 1. The minimum atomic E-state index is -0.516. The summed E-state index contributed by atoms with van der Waals surface area (Å²) < 4.78 is 21.6. The number of fused-ring (bicyclic) bond motifs is 2. The van der Waals surface area contributed by atoms with Crippen LogP contribution in [0, 0.1) is 12.7 Å². The van der Waals surface area contributed by atoms with Crippen LogP contribution >= 0.6 is 0 Å². The average Bonchev–Trinajstić information content (AvgIpc) is 3.19. The topological polar surface area (TPSA) is 96.7 Å². The van der Waals surface area contributed by atoms with Crippen molar-refractivity contribution in [1.29, 1.82) is 0 Å². The number of carbonyl (C=O) groups excluding carboxylic acids is 1. The molecule has 2 N–H and O–H groups in total. The number of nitrogens with one attached hydrogen (secondary N) is 2. The van der Waals surface area contributed by atoms with Gasteiger partial charge in [-0.25, -0.2) is 19.3 Å². The van der Waals surface area contributed by atoms with Gasteiger partial charge in [0.15, 0.2) is 11.5 Å². The molecule has 34 heavy (non-hydrogen) atoms. The molecule has 176 valence electrons. The zero-order chi connectivity index (χ0) is 23.8. The average molecular weight is 464 g/mol. The summed E-state index contributed by atoms with van der Waals surface area (Å²) in [5, 5.41) is 6.22. The van der Waals surface area contributed by atoms with Crippen molar-refractivity contribution in [3.63, 3.8) is 0 Å². The third-order valence-electron chi connectivity index (χ3n) is 5.79. The van der Waals surface area contributed by atoms with E-state index in [1.54, 1.807) is 36.0 Å². The van der Waals surface area contributed by atoms with E-state index < -0.39 is 11.7 Å². The van der Waals surface area contributed by atoms with Crippen molar-refractivity contribution in [3.8, 4) is 5.88 Å². The lowest BCUT2D eigenvalue weighted by Crippen LogP contribution is -2.49. The summed E-state index contributed by atoms with van der Waals surface area (Å²) in [6.45, 7) is 8.71. The number of benzene rings is 1. The molecule has 10 heteroatoms. The Labute approximate surface area is 196 Å². The fourth-order valence-electron chi connectivity index (χ4n) is 4.32. The number of carbonyl (C=O) groups is 1. The predicted octanol–water partition coefficient (Wildman–Crippen LogP) is 3.17. The van der Waals surface area contributed by atoms with E-state index in [9.17, 15) is 9.18 Å². The molecule has 1 aliphatic heterocycles. The number of aromatic nitrogens is 4. The molecule has 0 saturated carbocycles. The number of pyridine rings is 1. The summed E-state index contributed by atoms with van der Waals surface area (Å²) in [4.78, 5) is 28.9. The fraction of sp³-hybridized carbons (Fsp3) is 0.333. The van der Waals surface area contributed by atoms with E-state index in [2.05, 4.69) is 37.4 Å². The van der Waals surface area contributed by atoms with Crippen LogP contribution in [0.5, 0.6) is 5.88 Å². The third kappa shape index (κ3) is 4.12. The summed E-state index contributed by atoms with van der Waals surface area (Å²) in [7, 11) is 0. The van der Waals surface area contributed by atoms with Gasteiger partial charge in [-0.1, -0.05) is 0 Å². The van der Waals surface area contributed by atoms with E-state index in [0.29, 0.717) is 46.5 Å². The Morgan fingerprint density at radius 1 is 1.29 bits per heavy atom. The standard InChI is InChI=1S/C24H26FN7O2/c1-4-34-20-10-27-22-19(31-8-7-26-14(2)11-31)6-5-17(21(22)30-20)24(33)29-16-9-18(25)23-28-15(3)12-32(23)13-16/h5-6,9-10,12-14,26H,4,7-8,11H2,1-3H3,(H,29,33). The number of ether oxygens (including phenoxy) is 1. The van der Waals surface area contributed by atoms with Gasteiger partial charge in [0.1, 0.15) is 11.0 Å². The van der Waals surface area contributed by atoms with E-state index in [0.717, 1.165) is 25.3 Å². The molecule has 0 aliphatic carbocycles. The van der Waals surface area contributed by atoms with Crippen LogP contribution in [-0.2, 0) is 0 Å². The first-order valence-electron chi connectivity index (χ1n) is 11.3. The number of halogens is 1. The van der Waals surface area contributed by atoms with Crippen LogP contribution in [0.3, 0.4) is 0 Å². The SMILES string of the molecule is CCOc1cnc2c(N3CCNC(C)C3)ccc(C(=O)Nc3cc(F)c4nc(C)cn4c3)c2n1. The molecule has 0 spiro atoms. The second kappa shape index (κ2) is 8.86. The van der Waals surface area contributed by atoms with Crippen molar-refractivity contribution < 1.29 is 13.9 Å². The summed E-state index contributed by atoms with van der Waals surface area (Å²) in [5.41, 5.74) is 3.52.